The summed E-state index contributed by atoms with van der Waals surface area (Å²) in [6.07, 6.45) is 0.914. The van der Waals surface area contributed by atoms with Crippen LogP contribution in [0.25, 0.3) is 0 Å². The quantitative estimate of drug-likeness (QED) is 0.748. The van der Waals surface area contributed by atoms with Gasteiger partial charge in [0.25, 0.3) is 0 Å². The van der Waals surface area contributed by atoms with Crippen molar-refractivity contribution in [2.24, 2.45) is 11.3 Å². The molecule has 0 aliphatic rings. The Kier molecular flexibility index (Phi) is 7.27. The van der Waals surface area contributed by atoms with E-state index in [2.05, 4.69) is 19.2 Å². The maximum absolute atomic E-state index is 12.8. The number of rotatable bonds is 8. The second-order valence-corrected chi connectivity index (χ2v) is 6.87. The Balaban J connectivity index is 2.71. The van der Waals surface area contributed by atoms with Gasteiger partial charge >= 0.3 is 0 Å². The lowest BCUT2D eigenvalue weighted by molar-refractivity contribution is -0.148. The first-order valence-electron chi connectivity index (χ1n) is 8.40. The van der Waals surface area contributed by atoms with Crippen LogP contribution in [0.15, 0.2) is 30.3 Å². The minimum Gasteiger partial charge on any atom is -0.355 e. The number of benzene rings is 1. The maximum atomic E-state index is 12.8. The van der Waals surface area contributed by atoms with Gasteiger partial charge in [-0.05, 0) is 38.7 Å². The lowest BCUT2D eigenvalue weighted by atomic mass is 9.90. The summed E-state index contributed by atoms with van der Waals surface area (Å²) in [5.74, 6) is 0.194. The topological polar surface area (TPSA) is 49.4 Å². The predicted molar refractivity (Wildman–Crippen MR) is 93.8 cm³/mol. The van der Waals surface area contributed by atoms with Crippen molar-refractivity contribution in [3.05, 3.63) is 35.9 Å². The standard InChI is InChI=1S/C19H30N2O2/c1-6-21(14-16-10-8-7-9-11-16)18(23)19(4,5)17(22)20-13-12-15(2)3/h7-11,15H,6,12-14H2,1-5H3,(H,20,22). The van der Waals surface area contributed by atoms with Gasteiger partial charge in [0.2, 0.25) is 11.8 Å². The highest BCUT2D eigenvalue weighted by Gasteiger charge is 2.38. The van der Waals surface area contributed by atoms with Gasteiger partial charge in [-0.25, -0.2) is 0 Å². The van der Waals surface area contributed by atoms with Crippen molar-refractivity contribution in [3.63, 3.8) is 0 Å². The molecule has 0 bridgehead atoms. The Morgan fingerprint density at radius 2 is 1.78 bits per heavy atom. The zero-order chi connectivity index (χ0) is 17.5. The molecule has 2 amide bonds. The molecular weight excluding hydrogens is 288 g/mol. The van der Waals surface area contributed by atoms with Crippen LogP contribution in [0, 0.1) is 11.3 Å². The Morgan fingerprint density at radius 1 is 1.17 bits per heavy atom. The normalized spacial score (nSPS) is 11.4. The monoisotopic (exact) mass is 318 g/mol. The molecular formula is C19H30N2O2. The van der Waals surface area contributed by atoms with E-state index >= 15 is 0 Å². The minimum absolute atomic E-state index is 0.133. The van der Waals surface area contributed by atoms with Crippen LogP contribution in [0.3, 0.4) is 0 Å². The highest BCUT2D eigenvalue weighted by Crippen LogP contribution is 2.21. The highest BCUT2D eigenvalue weighted by molar-refractivity contribution is 6.04. The predicted octanol–water partition coefficient (Wildman–Crippen LogP) is 3.22. The zero-order valence-corrected chi connectivity index (χ0v) is 15.1. The minimum atomic E-state index is -1.05. The molecule has 1 aromatic rings. The number of amides is 2. The van der Waals surface area contributed by atoms with Crippen LogP contribution in [0.5, 0.6) is 0 Å². The third kappa shape index (κ3) is 5.70. The van der Waals surface area contributed by atoms with Crippen molar-refractivity contribution >= 4 is 11.8 Å². The highest BCUT2D eigenvalue weighted by atomic mass is 16.2. The fourth-order valence-electron chi connectivity index (χ4n) is 2.32. The Morgan fingerprint density at radius 3 is 2.30 bits per heavy atom. The van der Waals surface area contributed by atoms with Crippen molar-refractivity contribution in [2.45, 2.75) is 47.6 Å². The fraction of sp³-hybridized carbons (Fsp3) is 0.579. The molecule has 4 nitrogen and oxygen atoms in total. The first-order chi connectivity index (χ1) is 10.8. The molecule has 0 aliphatic carbocycles. The molecule has 0 saturated carbocycles. The van der Waals surface area contributed by atoms with Crippen LogP contribution >= 0.6 is 0 Å². The summed E-state index contributed by atoms with van der Waals surface area (Å²) in [4.78, 5) is 26.9. The van der Waals surface area contributed by atoms with Crippen LogP contribution < -0.4 is 5.32 Å². The molecule has 0 fully saturated rings. The van der Waals surface area contributed by atoms with E-state index in [1.54, 1.807) is 18.7 Å². The molecule has 0 saturated heterocycles. The molecule has 1 aromatic carbocycles. The number of hydrogen-bond donors (Lipinski definition) is 1. The average Bonchev–Trinajstić information content (AvgIpc) is 2.52. The molecule has 0 aromatic heterocycles. The third-order valence-electron chi connectivity index (χ3n) is 3.99. The molecule has 0 atom stereocenters. The summed E-state index contributed by atoms with van der Waals surface area (Å²) in [5.41, 5.74) is 0.0145. The Labute approximate surface area is 140 Å². The molecule has 1 N–H and O–H groups in total. The van der Waals surface area contributed by atoms with Crippen molar-refractivity contribution < 1.29 is 9.59 Å². The number of nitrogens with zero attached hydrogens (tertiary/aromatic N) is 1. The second-order valence-electron chi connectivity index (χ2n) is 6.87. The fourth-order valence-corrected chi connectivity index (χ4v) is 2.32. The SMILES string of the molecule is CCN(Cc1ccccc1)C(=O)C(C)(C)C(=O)NCCC(C)C. The van der Waals surface area contributed by atoms with Gasteiger partial charge in [-0.2, -0.15) is 0 Å². The molecule has 128 valence electrons. The van der Waals surface area contributed by atoms with E-state index < -0.39 is 5.41 Å². The third-order valence-corrected chi connectivity index (χ3v) is 3.99. The summed E-state index contributed by atoms with van der Waals surface area (Å²) >= 11 is 0. The lowest BCUT2D eigenvalue weighted by Gasteiger charge is -2.30. The number of carbonyl (C=O) groups excluding carboxylic acids is 2. The van der Waals surface area contributed by atoms with Crippen LogP contribution in [-0.2, 0) is 16.1 Å². The Hall–Kier alpha value is -1.84. The van der Waals surface area contributed by atoms with Crippen LogP contribution in [0.2, 0.25) is 0 Å². The lowest BCUT2D eigenvalue weighted by Crippen LogP contribution is -2.49. The van der Waals surface area contributed by atoms with E-state index in [0.717, 1.165) is 12.0 Å². The van der Waals surface area contributed by atoms with Crippen LogP contribution in [0.4, 0.5) is 0 Å². The van der Waals surface area contributed by atoms with Crippen molar-refractivity contribution in [1.29, 1.82) is 0 Å². The molecule has 0 radical (unpaired) electrons. The average molecular weight is 318 g/mol. The van der Waals surface area contributed by atoms with Gasteiger partial charge in [0.15, 0.2) is 0 Å². The summed E-state index contributed by atoms with van der Waals surface area (Å²) in [6.45, 7) is 11.3. The van der Waals surface area contributed by atoms with Gasteiger partial charge < -0.3 is 10.2 Å². The zero-order valence-electron chi connectivity index (χ0n) is 15.1. The van der Waals surface area contributed by atoms with Crippen molar-refractivity contribution in [2.75, 3.05) is 13.1 Å². The molecule has 4 heteroatoms. The van der Waals surface area contributed by atoms with Crippen LogP contribution in [-0.4, -0.2) is 29.8 Å². The molecule has 0 heterocycles. The molecule has 0 aliphatic heterocycles. The van der Waals surface area contributed by atoms with E-state index in [-0.39, 0.29) is 11.8 Å². The maximum Gasteiger partial charge on any atom is 0.237 e. The van der Waals surface area contributed by atoms with E-state index in [4.69, 9.17) is 0 Å². The van der Waals surface area contributed by atoms with E-state index in [1.165, 1.54) is 0 Å². The van der Waals surface area contributed by atoms with Gasteiger partial charge in [-0.15, -0.1) is 0 Å². The van der Waals surface area contributed by atoms with Gasteiger partial charge in [0.1, 0.15) is 5.41 Å². The van der Waals surface area contributed by atoms with Gasteiger partial charge in [-0.3, -0.25) is 9.59 Å². The number of hydrogen-bond acceptors (Lipinski definition) is 2. The molecule has 0 spiro atoms. The number of carbonyl (C=O) groups is 2. The first kappa shape index (κ1) is 19.2. The number of nitrogens with one attached hydrogen (secondary N) is 1. The van der Waals surface area contributed by atoms with E-state index in [0.29, 0.717) is 25.6 Å². The summed E-state index contributed by atoms with van der Waals surface area (Å²) < 4.78 is 0. The van der Waals surface area contributed by atoms with Gasteiger partial charge in [0.05, 0.1) is 0 Å². The summed E-state index contributed by atoms with van der Waals surface area (Å²) in [6, 6.07) is 9.85. The van der Waals surface area contributed by atoms with Crippen molar-refractivity contribution in [3.8, 4) is 0 Å². The molecule has 1 rings (SSSR count). The first-order valence-corrected chi connectivity index (χ1v) is 8.40. The van der Waals surface area contributed by atoms with Crippen LogP contribution in [0.1, 0.15) is 46.6 Å². The van der Waals surface area contributed by atoms with Crippen molar-refractivity contribution in [1.82, 2.24) is 10.2 Å². The second kappa shape index (κ2) is 8.70. The summed E-state index contributed by atoms with van der Waals surface area (Å²) in [7, 11) is 0. The Bertz CT molecular complexity index is 509. The molecule has 0 unspecified atom stereocenters. The van der Waals surface area contributed by atoms with E-state index in [9.17, 15) is 9.59 Å². The summed E-state index contributed by atoms with van der Waals surface area (Å²) in [5, 5.41) is 2.89. The van der Waals surface area contributed by atoms with E-state index in [1.807, 2.05) is 37.3 Å². The smallest absolute Gasteiger partial charge is 0.237 e. The van der Waals surface area contributed by atoms with Gasteiger partial charge in [-0.1, -0.05) is 44.2 Å². The molecule has 23 heavy (non-hydrogen) atoms. The largest absolute Gasteiger partial charge is 0.355 e. The van der Waals surface area contributed by atoms with Gasteiger partial charge in [0, 0.05) is 19.6 Å².